The van der Waals surface area contributed by atoms with Gasteiger partial charge in [0.05, 0.1) is 21.8 Å². The van der Waals surface area contributed by atoms with Crippen molar-refractivity contribution in [2.45, 2.75) is 37.8 Å². The van der Waals surface area contributed by atoms with Gasteiger partial charge in [-0.3, -0.25) is 14.2 Å². The van der Waals surface area contributed by atoms with Crippen LogP contribution in [0.1, 0.15) is 47.5 Å². The van der Waals surface area contributed by atoms with Crippen molar-refractivity contribution in [3.8, 4) is 0 Å². The van der Waals surface area contributed by atoms with Gasteiger partial charge in [0, 0.05) is 36.9 Å². The van der Waals surface area contributed by atoms with Crippen LogP contribution in [-0.4, -0.2) is 39.2 Å². The van der Waals surface area contributed by atoms with Crippen LogP contribution < -0.4 is 5.56 Å². The lowest BCUT2D eigenvalue weighted by Crippen LogP contribution is -2.41. The van der Waals surface area contributed by atoms with Crippen LogP contribution in [0.5, 0.6) is 0 Å². The highest BCUT2D eigenvalue weighted by Gasteiger charge is 2.31. The summed E-state index contributed by atoms with van der Waals surface area (Å²) in [6, 6.07) is 14.5. The summed E-state index contributed by atoms with van der Waals surface area (Å²) in [6.45, 7) is 1.17. The van der Waals surface area contributed by atoms with Crippen molar-refractivity contribution in [2.75, 3.05) is 13.1 Å². The largest absolute Gasteiger partial charge is 0.387 e. The van der Waals surface area contributed by atoms with Gasteiger partial charge in [-0.15, -0.1) is 11.3 Å². The number of carbonyl (C=O) groups excluding carboxylic acids is 1. The van der Waals surface area contributed by atoms with Crippen LogP contribution in [0.15, 0.2) is 69.9 Å². The van der Waals surface area contributed by atoms with E-state index in [1.54, 1.807) is 6.07 Å². The number of thiazole rings is 1. The van der Waals surface area contributed by atoms with Crippen molar-refractivity contribution >= 4 is 33.9 Å². The Hall–Kier alpha value is -3.92. The Morgan fingerprint density at radius 3 is 2.58 bits per heavy atom. The molecule has 1 atom stereocenters. The SMILES string of the molecule is O=C(Cn1c(=O)ccc2ccccc21)N1CCC(c2nc(C3=NOC(c4c(F)cccc4F)C3)cs2)CC1. The minimum absolute atomic E-state index is 0.00977. The molecule has 0 aliphatic carbocycles. The number of likely N-dealkylation sites (tertiary alicyclic amines) is 1. The number of fused-ring (bicyclic) bond motifs is 1. The second-order valence-electron chi connectivity index (χ2n) is 9.51. The van der Waals surface area contributed by atoms with Gasteiger partial charge in [0.15, 0.2) is 6.10 Å². The maximum atomic E-state index is 14.1. The molecule has 1 amide bonds. The van der Waals surface area contributed by atoms with Crippen LogP contribution in [0.25, 0.3) is 10.9 Å². The lowest BCUT2D eigenvalue weighted by molar-refractivity contribution is -0.132. The van der Waals surface area contributed by atoms with Crippen LogP contribution in [0, 0.1) is 11.6 Å². The molecule has 4 aromatic rings. The average Bonchev–Trinajstić information content (AvgIpc) is 3.61. The predicted octanol–water partition coefficient (Wildman–Crippen LogP) is 5.01. The number of hydrogen-bond donors (Lipinski definition) is 0. The molecule has 2 aromatic heterocycles. The van der Waals surface area contributed by atoms with Gasteiger partial charge < -0.3 is 9.74 Å². The van der Waals surface area contributed by atoms with E-state index < -0.39 is 17.7 Å². The molecule has 7 nitrogen and oxygen atoms in total. The minimum atomic E-state index is -0.820. The van der Waals surface area contributed by atoms with Gasteiger partial charge in [-0.25, -0.2) is 13.8 Å². The summed E-state index contributed by atoms with van der Waals surface area (Å²) in [5, 5.41) is 7.81. The minimum Gasteiger partial charge on any atom is -0.387 e. The summed E-state index contributed by atoms with van der Waals surface area (Å²) in [5.41, 5.74) is 1.65. The molecule has 10 heteroatoms. The zero-order valence-corrected chi connectivity index (χ0v) is 21.2. The van der Waals surface area contributed by atoms with Crippen LogP contribution in [0.4, 0.5) is 8.78 Å². The Kier molecular flexibility index (Phi) is 6.49. The molecular formula is C28H24F2N4O3S. The number of halogens is 2. The molecule has 2 aliphatic rings. The van der Waals surface area contributed by atoms with Crippen LogP contribution in [0.3, 0.4) is 0 Å². The van der Waals surface area contributed by atoms with Crippen molar-refractivity contribution in [3.05, 3.63) is 98.2 Å². The zero-order valence-electron chi connectivity index (χ0n) is 20.3. The summed E-state index contributed by atoms with van der Waals surface area (Å²) in [5.74, 6) is -1.19. The first-order chi connectivity index (χ1) is 18.5. The normalized spacial score (nSPS) is 18.0. The first-order valence-electron chi connectivity index (χ1n) is 12.5. The molecule has 1 unspecified atom stereocenters. The fraction of sp³-hybridized carbons (Fsp3) is 0.286. The molecule has 0 spiro atoms. The standard InChI is InChI=1S/C28H24F2N4O3S/c29-19-5-3-6-20(30)27(19)24-14-21(32-37-24)22-16-38-28(31-22)18-10-12-33(13-11-18)26(36)15-34-23-7-2-1-4-17(23)8-9-25(34)35/h1-9,16,18,24H,10-15H2. The molecule has 4 heterocycles. The number of rotatable bonds is 5. The van der Waals surface area contributed by atoms with Crippen LogP contribution in [-0.2, 0) is 16.2 Å². The third-order valence-electron chi connectivity index (χ3n) is 7.20. The third-order valence-corrected chi connectivity index (χ3v) is 8.20. The number of carbonyl (C=O) groups is 1. The Morgan fingerprint density at radius 1 is 1.03 bits per heavy atom. The maximum absolute atomic E-state index is 14.1. The highest BCUT2D eigenvalue weighted by Crippen LogP contribution is 2.35. The molecule has 38 heavy (non-hydrogen) atoms. The molecule has 194 valence electrons. The number of benzene rings is 2. The first-order valence-corrected chi connectivity index (χ1v) is 13.3. The Bertz CT molecular complexity index is 1590. The average molecular weight is 535 g/mol. The second-order valence-corrected chi connectivity index (χ2v) is 10.4. The molecule has 0 saturated carbocycles. The lowest BCUT2D eigenvalue weighted by Gasteiger charge is -2.31. The fourth-order valence-corrected chi connectivity index (χ4v) is 6.13. The Balaban J connectivity index is 1.08. The summed E-state index contributed by atoms with van der Waals surface area (Å²) in [4.78, 5) is 37.4. The third kappa shape index (κ3) is 4.60. The summed E-state index contributed by atoms with van der Waals surface area (Å²) < 4.78 is 29.8. The summed E-state index contributed by atoms with van der Waals surface area (Å²) in [7, 11) is 0. The molecule has 1 fully saturated rings. The number of nitrogens with zero attached hydrogens (tertiary/aromatic N) is 4. The van der Waals surface area contributed by atoms with E-state index >= 15 is 0 Å². The lowest BCUT2D eigenvalue weighted by atomic mass is 9.97. The monoisotopic (exact) mass is 534 g/mol. The number of pyridine rings is 1. The quantitative estimate of drug-likeness (QED) is 0.361. The van der Waals surface area contributed by atoms with E-state index in [0.29, 0.717) is 24.5 Å². The smallest absolute Gasteiger partial charge is 0.251 e. The molecule has 1 saturated heterocycles. The van der Waals surface area contributed by atoms with E-state index in [0.717, 1.165) is 28.8 Å². The molecule has 0 N–H and O–H groups in total. The molecule has 6 rings (SSSR count). The molecular weight excluding hydrogens is 510 g/mol. The number of aromatic nitrogens is 2. The van der Waals surface area contributed by atoms with Crippen molar-refractivity contribution < 1.29 is 18.4 Å². The Morgan fingerprint density at radius 2 is 1.79 bits per heavy atom. The van der Waals surface area contributed by atoms with E-state index in [1.165, 1.54) is 40.2 Å². The van der Waals surface area contributed by atoms with E-state index in [2.05, 4.69) is 5.16 Å². The van der Waals surface area contributed by atoms with Gasteiger partial charge in [-0.2, -0.15) is 0 Å². The summed E-state index contributed by atoms with van der Waals surface area (Å²) >= 11 is 1.52. The molecule has 2 aliphatic heterocycles. The van der Waals surface area contributed by atoms with Crippen molar-refractivity contribution in [1.29, 1.82) is 0 Å². The zero-order chi connectivity index (χ0) is 26.2. The summed E-state index contributed by atoms with van der Waals surface area (Å²) in [6.07, 6.45) is 0.936. The van der Waals surface area contributed by atoms with Gasteiger partial charge in [-0.05, 0) is 42.5 Å². The number of oxime groups is 1. The van der Waals surface area contributed by atoms with Crippen LogP contribution in [0.2, 0.25) is 0 Å². The van der Waals surface area contributed by atoms with E-state index in [9.17, 15) is 18.4 Å². The second kappa shape index (κ2) is 10.1. The van der Waals surface area contributed by atoms with E-state index in [4.69, 9.17) is 9.82 Å². The molecule has 2 aromatic carbocycles. The van der Waals surface area contributed by atoms with E-state index in [-0.39, 0.29) is 35.9 Å². The molecule has 0 bridgehead atoms. The Labute approximate surface area is 221 Å². The maximum Gasteiger partial charge on any atom is 0.251 e. The van der Waals surface area contributed by atoms with Gasteiger partial charge in [-0.1, -0.05) is 29.4 Å². The van der Waals surface area contributed by atoms with E-state index in [1.807, 2.05) is 34.5 Å². The number of piperidine rings is 1. The van der Waals surface area contributed by atoms with Gasteiger partial charge in [0.1, 0.15) is 23.9 Å². The number of amides is 1. The van der Waals surface area contributed by atoms with Gasteiger partial charge in [0.2, 0.25) is 5.91 Å². The number of hydrogen-bond acceptors (Lipinski definition) is 6. The highest BCUT2D eigenvalue weighted by atomic mass is 32.1. The fourth-order valence-electron chi connectivity index (χ4n) is 5.13. The van der Waals surface area contributed by atoms with Crippen LogP contribution >= 0.6 is 11.3 Å². The van der Waals surface area contributed by atoms with Crippen molar-refractivity contribution in [1.82, 2.24) is 14.5 Å². The highest BCUT2D eigenvalue weighted by molar-refractivity contribution is 7.10. The number of para-hydroxylation sites is 1. The molecule has 0 radical (unpaired) electrons. The van der Waals surface area contributed by atoms with Crippen molar-refractivity contribution in [3.63, 3.8) is 0 Å². The van der Waals surface area contributed by atoms with Crippen molar-refractivity contribution in [2.24, 2.45) is 5.16 Å². The topological polar surface area (TPSA) is 76.8 Å². The first kappa shape index (κ1) is 24.4. The van der Waals surface area contributed by atoms with Gasteiger partial charge in [0.25, 0.3) is 5.56 Å². The van der Waals surface area contributed by atoms with Gasteiger partial charge >= 0.3 is 0 Å². The predicted molar refractivity (Wildman–Crippen MR) is 140 cm³/mol.